The molecule has 1 aliphatic rings. The zero-order valence-corrected chi connectivity index (χ0v) is 12.4. The van der Waals surface area contributed by atoms with Gasteiger partial charge in [-0.1, -0.05) is 38.5 Å². The monoisotopic (exact) mass is 269 g/mol. The van der Waals surface area contributed by atoms with Crippen molar-refractivity contribution in [3.8, 4) is 11.3 Å². The van der Waals surface area contributed by atoms with Crippen molar-refractivity contribution in [1.82, 2.24) is 9.55 Å². The van der Waals surface area contributed by atoms with Gasteiger partial charge in [0.1, 0.15) is 0 Å². The molecule has 20 heavy (non-hydrogen) atoms. The molecule has 3 nitrogen and oxygen atoms in total. The predicted octanol–water partition coefficient (Wildman–Crippen LogP) is 3.95. The van der Waals surface area contributed by atoms with Crippen molar-refractivity contribution in [2.45, 2.75) is 39.7 Å². The van der Waals surface area contributed by atoms with Gasteiger partial charge in [-0.15, -0.1) is 0 Å². The summed E-state index contributed by atoms with van der Waals surface area (Å²) in [7, 11) is 0. The number of aryl methyl sites for hydroxylation is 1. The number of rotatable bonds is 4. The Morgan fingerprint density at radius 2 is 2.30 bits per heavy atom. The van der Waals surface area contributed by atoms with E-state index >= 15 is 0 Å². The highest BCUT2D eigenvalue weighted by Crippen LogP contribution is 2.34. The average Bonchev–Trinajstić information content (AvgIpc) is 2.94. The molecule has 2 heterocycles. The molecule has 1 aliphatic heterocycles. The summed E-state index contributed by atoms with van der Waals surface area (Å²) < 4.78 is 2.29. The number of para-hydroxylation sites is 1. The van der Waals surface area contributed by atoms with Crippen LogP contribution in [0.25, 0.3) is 11.3 Å². The number of nitrogens with one attached hydrogen (secondary N) is 1. The van der Waals surface area contributed by atoms with Crippen LogP contribution in [0, 0.1) is 5.92 Å². The van der Waals surface area contributed by atoms with E-state index in [1.165, 1.54) is 41.8 Å². The second-order valence-corrected chi connectivity index (χ2v) is 5.81. The Kier molecular flexibility index (Phi) is 3.77. The molecule has 106 valence electrons. The van der Waals surface area contributed by atoms with Crippen LogP contribution in [-0.2, 0) is 13.0 Å². The maximum Gasteiger partial charge on any atom is 0.0951 e. The Morgan fingerprint density at radius 1 is 1.40 bits per heavy atom. The summed E-state index contributed by atoms with van der Waals surface area (Å²) in [4.78, 5) is 4.37. The maximum atomic E-state index is 4.37. The third-order valence-electron chi connectivity index (χ3n) is 4.27. The highest BCUT2D eigenvalue weighted by atomic mass is 15.0. The molecule has 0 saturated heterocycles. The molecule has 1 aromatic carbocycles. The first kappa shape index (κ1) is 13.2. The molecule has 1 atom stereocenters. The molecule has 0 bridgehead atoms. The topological polar surface area (TPSA) is 29.9 Å². The normalized spacial score (nSPS) is 15.5. The van der Waals surface area contributed by atoms with Gasteiger partial charge in [0.15, 0.2) is 0 Å². The zero-order valence-electron chi connectivity index (χ0n) is 12.4. The Bertz CT molecular complexity index is 586. The van der Waals surface area contributed by atoms with Crippen LogP contribution in [0.15, 0.2) is 30.7 Å². The number of benzene rings is 1. The van der Waals surface area contributed by atoms with E-state index in [0.29, 0.717) is 5.92 Å². The van der Waals surface area contributed by atoms with Gasteiger partial charge in [-0.2, -0.15) is 0 Å². The van der Waals surface area contributed by atoms with Gasteiger partial charge < -0.3 is 9.88 Å². The van der Waals surface area contributed by atoms with Gasteiger partial charge in [0.05, 0.1) is 18.2 Å². The molecular weight excluding hydrogens is 246 g/mol. The minimum atomic E-state index is 0.676. The number of anilines is 1. The lowest BCUT2D eigenvalue weighted by Crippen LogP contribution is -2.14. The average molecular weight is 269 g/mol. The molecule has 0 aliphatic carbocycles. The van der Waals surface area contributed by atoms with Crippen molar-refractivity contribution in [3.05, 3.63) is 36.3 Å². The first-order chi connectivity index (χ1) is 9.79. The van der Waals surface area contributed by atoms with E-state index < -0.39 is 0 Å². The van der Waals surface area contributed by atoms with Crippen molar-refractivity contribution >= 4 is 5.69 Å². The van der Waals surface area contributed by atoms with Gasteiger partial charge in [0, 0.05) is 24.3 Å². The summed E-state index contributed by atoms with van der Waals surface area (Å²) in [6.07, 6.45) is 7.55. The van der Waals surface area contributed by atoms with Crippen molar-refractivity contribution in [1.29, 1.82) is 0 Å². The fourth-order valence-electron chi connectivity index (χ4n) is 2.88. The fraction of sp³-hybridized carbons (Fsp3) is 0.471. The highest BCUT2D eigenvalue weighted by Gasteiger charge is 2.16. The van der Waals surface area contributed by atoms with Crippen LogP contribution in [0.1, 0.15) is 32.3 Å². The Hall–Kier alpha value is -1.77. The van der Waals surface area contributed by atoms with Crippen molar-refractivity contribution in [2.75, 3.05) is 11.9 Å². The highest BCUT2D eigenvalue weighted by molar-refractivity contribution is 5.78. The summed E-state index contributed by atoms with van der Waals surface area (Å²) in [6.45, 7) is 6.65. The number of hydrogen-bond acceptors (Lipinski definition) is 2. The molecule has 0 spiro atoms. The Morgan fingerprint density at radius 3 is 3.15 bits per heavy atom. The number of fused-ring (bicyclic) bond motifs is 1. The third-order valence-corrected chi connectivity index (χ3v) is 4.27. The largest absolute Gasteiger partial charge is 0.384 e. The van der Waals surface area contributed by atoms with Crippen LogP contribution in [-0.4, -0.2) is 16.1 Å². The predicted molar refractivity (Wildman–Crippen MR) is 83.9 cm³/mol. The van der Waals surface area contributed by atoms with E-state index in [0.717, 1.165) is 13.1 Å². The minimum absolute atomic E-state index is 0.676. The zero-order chi connectivity index (χ0) is 13.9. The van der Waals surface area contributed by atoms with Crippen LogP contribution in [0.3, 0.4) is 0 Å². The summed E-state index contributed by atoms with van der Waals surface area (Å²) in [5.41, 5.74) is 5.27. The second kappa shape index (κ2) is 5.70. The molecule has 0 fully saturated rings. The molecular formula is C17H23N3. The van der Waals surface area contributed by atoms with Crippen molar-refractivity contribution in [3.63, 3.8) is 0 Å². The van der Waals surface area contributed by atoms with Gasteiger partial charge in [-0.05, 0) is 24.3 Å². The fourth-order valence-corrected chi connectivity index (χ4v) is 2.88. The Labute approximate surface area is 121 Å². The first-order valence-electron chi connectivity index (χ1n) is 7.66. The van der Waals surface area contributed by atoms with E-state index in [4.69, 9.17) is 0 Å². The van der Waals surface area contributed by atoms with Crippen molar-refractivity contribution < 1.29 is 0 Å². The van der Waals surface area contributed by atoms with Crippen LogP contribution >= 0.6 is 0 Å². The molecule has 3 heteroatoms. The summed E-state index contributed by atoms with van der Waals surface area (Å²) in [5, 5.41) is 3.57. The van der Waals surface area contributed by atoms with E-state index in [9.17, 15) is 0 Å². The molecule has 0 radical (unpaired) electrons. The first-order valence-corrected chi connectivity index (χ1v) is 7.66. The van der Waals surface area contributed by atoms with Crippen LogP contribution in [0.2, 0.25) is 0 Å². The molecule has 1 aromatic heterocycles. The lowest BCUT2D eigenvalue weighted by atomic mass is 9.98. The van der Waals surface area contributed by atoms with Crippen LogP contribution < -0.4 is 5.32 Å². The van der Waals surface area contributed by atoms with Crippen LogP contribution in [0.4, 0.5) is 5.69 Å². The minimum Gasteiger partial charge on any atom is -0.384 e. The van der Waals surface area contributed by atoms with Gasteiger partial charge in [-0.25, -0.2) is 4.98 Å². The summed E-state index contributed by atoms with van der Waals surface area (Å²) in [5.74, 6) is 0.676. The molecule has 2 aromatic rings. The molecule has 1 unspecified atom stereocenters. The second-order valence-electron chi connectivity index (χ2n) is 5.81. The summed E-state index contributed by atoms with van der Waals surface area (Å²) >= 11 is 0. The van der Waals surface area contributed by atoms with Gasteiger partial charge in [0.2, 0.25) is 0 Å². The van der Waals surface area contributed by atoms with E-state index in [-0.39, 0.29) is 0 Å². The summed E-state index contributed by atoms with van der Waals surface area (Å²) in [6, 6.07) is 6.61. The van der Waals surface area contributed by atoms with Gasteiger partial charge in [-0.3, -0.25) is 0 Å². The number of aromatic nitrogens is 2. The van der Waals surface area contributed by atoms with Gasteiger partial charge >= 0.3 is 0 Å². The third kappa shape index (κ3) is 2.45. The van der Waals surface area contributed by atoms with Gasteiger partial charge in [0.25, 0.3) is 0 Å². The lowest BCUT2D eigenvalue weighted by Gasteiger charge is -2.22. The quantitative estimate of drug-likeness (QED) is 0.910. The molecule has 0 amide bonds. The standard InChI is InChI=1S/C17H23N3/c1-3-13(2)11-20-12-18-10-16(20)15-8-4-6-14-7-5-9-19-17(14)15/h4,6,8,10,12-13,19H,3,5,7,9,11H2,1-2H3. The molecule has 1 N–H and O–H groups in total. The molecule has 3 rings (SSSR count). The smallest absolute Gasteiger partial charge is 0.0951 e. The molecule has 0 saturated carbocycles. The van der Waals surface area contributed by atoms with Crippen LogP contribution in [0.5, 0.6) is 0 Å². The van der Waals surface area contributed by atoms with E-state index in [1.807, 2.05) is 12.5 Å². The SMILES string of the molecule is CCC(C)Cn1cncc1-c1cccc2c1NCCC2. The number of imidazole rings is 1. The Balaban J connectivity index is 1.99. The van der Waals surface area contributed by atoms with E-state index in [2.05, 4.69) is 46.9 Å². The number of nitrogens with zero attached hydrogens (tertiary/aromatic N) is 2. The maximum absolute atomic E-state index is 4.37. The lowest BCUT2D eigenvalue weighted by molar-refractivity contribution is 0.471. The van der Waals surface area contributed by atoms with Crippen molar-refractivity contribution in [2.24, 2.45) is 5.92 Å². The van der Waals surface area contributed by atoms with E-state index in [1.54, 1.807) is 0 Å². The number of hydrogen-bond donors (Lipinski definition) is 1.